The molecule has 0 saturated carbocycles. The summed E-state index contributed by atoms with van der Waals surface area (Å²) in [5, 5.41) is 6.27. The number of hydrazone groups is 1. The van der Waals surface area contributed by atoms with Crippen molar-refractivity contribution in [2.45, 2.75) is 26.4 Å². The molecule has 5 rings (SSSR count). The van der Waals surface area contributed by atoms with Crippen molar-refractivity contribution in [3.63, 3.8) is 0 Å². The van der Waals surface area contributed by atoms with E-state index in [4.69, 9.17) is 4.74 Å². The van der Waals surface area contributed by atoms with Gasteiger partial charge in [-0.05, 0) is 42.3 Å². The molecule has 0 radical (unpaired) electrons. The van der Waals surface area contributed by atoms with Gasteiger partial charge in [0.15, 0.2) is 11.6 Å². The number of H-pyrrole nitrogens is 1. The van der Waals surface area contributed by atoms with Crippen molar-refractivity contribution in [1.82, 2.24) is 20.0 Å². The summed E-state index contributed by atoms with van der Waals surface area (Å²) in [6.45, 7) is 3.74. The van der Waals surface area contributed by atoms with Gasteiger partial charge in [-0.15, -0.1) is 0 Å². The van der Waals surface area contributed by atoms with Gasteiger partial charge in [-0.3, -0.25) is 9.99 Å². The minimum Gasteiger partial charge on any atom is -0.494 e. The Kier molecular flexibility index (Phi) is 6.03. The Morgan fingerprint density at radius 3 is 2.62 bits per heavy atom. The molecular formula is C26H23F2N5O. The number of ether oxygens (including phenoxy) is 1. The number of hydrogen-bond donors (Lipinski definition) is 1. The third-order valence-corrected chi connectivity index (χ3v) is 5.53. The number of pyridine rings is 1. The van der Waals surface area contributed by atoms with Gasteiger partial charge in [-0.1, -0.05) is 31.2 Å². The number of halogens is 2. The van der Waals surface area contributed by atoms with Crippen LogP contribution < -0.4 is 4.74 Å². The van der Waals surface area contributed by atoms with Crippen molar-refractivity contribution in [1.29, 1.82) is 0 Å². The largest absolute Gasteiger partial charge is 0.494 e. The lowest BCUT2D eigenvalue weighted by Crippen LogP contribution is -2.22. The minimum absolute atomic E-state index is 0.0940. The van der Waals surface area contributed by atoms with Crippen molar-refractivity contribution >= 4 is 6.21 Å². The number of nitrogens with one attached hydrogen (secondary N) is 1. The summed E-state index contributed by atoms with van der Waals surface area (Å²) in [5.74, 6) is -0.684. The average Bonchev–Trinajstić information content (AvgIpc) is 3.28. The summed E-state index contributed by atoms with van der Waals surface area (Å²) >= 11 is 0. The van der Waals surface area contributed by atoms with Crippen LogP contribution in [0.25, 0.3) is 22.5 Å². The van der Waals surface area contributed by atoms with Crippen molar-refractivity contribution in [3.05, 3.63) is 89.5 Å². The molecule has 172 valence electrons. The van der Waals surface area contributed by atoms with Crippen LogP contribution in [0, 0.1) is 11.6 Å². The third-order valence-electron chi connectivity index (χ3n) is 5.53. The maximum atomic E-state index is 14.1. The summed E-state index contributed by atoms with van der Waals surface area (Å²) in [6, 6.07) is 16.0. The molecule has 0 aliphatic carbocycles. The quantitative estimate of drug-likeness (QED) is 0.393. The fraction of sp³-hybridized carbons (Fsp3) is 0.192. The van der Waals surface area contributed by atoms with Crippen molar-refractivity contribution in [3.8, 4) is 28.3 Å². The highest BCUT2D eigenvalue weighted by Gasteiger charge is 2.20. The predicted octanol–water partition coefficient (Wildman–Crippen LogP) is 5.56. The van der Waals surface area contributed by atoms with E-state index in [0.717, 1.165) is 40.8 Å². The number of rotatable bonds is 7. The Bertz CT molecular complexity index is 1320. The van der Waals surface area contributed by atoms with Gasteiger partial charge >= 0.3 is 0 Å². The summed E-state index contributed by atoms with van der Waals surface area (Å²) in [5.41, 5.74) is 4.45. The minimum atomic E-state index is -0.921. The van der Waals surface area contributed by atoms with Crippen LogP contribution in [0.1, 0.15) is 30.4 Å². The van der Waals surface area contributed by atoms with Gasteiger partial charge in [0.25, 0.3) is 0 Å². The number of hydrogen-bond acceptors (Lipinski definition) is 5. The molecule has 0 atom stereocenters. The highest BCUT2D eigenvalue weighted by molar-refractivity contribution is 5.80. The monoisotopic (exact) mass is 459 g/mol. The van der Waals surface area contributed by atoms with E-state index in [0.29, 0.717) is 25.4 Å². The van der Waals surface area contributed by atoms with E-state index in [1.54, 1.807) is 6.21 Å². The Hall–Kier alpha value is -4.07. The van der Waals surface area contributed by atoms with Gasteiger partial charge < -0.3 is 9.72 Å². The third kappa shape index (κ3) is 4.52. The van der Waals surface area contributed by atoms with Gasteiger partial charge in [0.1, 0.15) is 17.3 Å². The molecule has 4 aromatic rings. The summed E-state index contributed by atoms with van der Waals surface area (Å²) in [7, 11) is 0. The van der Waals surface area contributed by atoms with E-state index in [1.165, 1.54) is 12.1 Å². The smallest absolute Gasteiger partial charge is 0.169 e. The SMILES string of the molecule is CCCOc1ccc(-c2ccc(CN3Cc4[nH]c(-c5cccc(F)c5F)nc4C=N3)nc2)cc1. The Balaban J connectivity index is 1.25. The average molecular weight is 460 g/mol. The maximum Gasteiger partial charge on any atom is 0.169 e. The Morgan fingerprint density at radius 1 is 1.03 bits per heavy atom. The molecule has 1 N–H and O–H groups in total. The first kappa shape index (κ1) is 21.8. The van der Waals surface area contributed by atoms with Crippen LogP contribution >= 0.6 is 0 Å². The molecular weight excluding hydrogens is 436 g/mol. The van der Waals surface area contributed by atoms with Crippen molar-refractivity contribution in [2.75, 3.05) is 6.61 Å². The number of benzene rings is 2. The zero-order valence-electron chi connectivity index (χ0n) is 18.6. The van der Waals surface area contributed by atoms with Crippen LogP contribution in [-0.4, -0.2) is 32.8 Å². The number of nitrogens with zero attached hydrogens (tertiary/aromatic N) is 4. The van der Waals surface area contributed by atoms with E-state index < -0.39 is 11.6 Å². The topological polar surface area (TPSA) is 66.4 Å². The summed E-state index contributed by atoms with van der Waals surface area (Å²) < 4.78 is 33.4. The predicted molar refractivity (Wildman–Crippen MR) is 126 cm³/mol. The van der Waals surface area contributed by atoms with Crippen molar-refractivity contribution < 1.29 is 13.5 Å². The molecule has 8 heteroatoms. The molecule has 0 fully saturated rings. The number of imidazole rings is 1. The number of aromatic amines is 1. The van der Waals surface area contributed by atoms with Gasteiger partial charge in [0.2, 0.25) is 0 Å². The fourth-order valence-corrected chi connectivity index (χ4v) is 3.76. The number of aromatic nitrogens is 3. The number of fused-ring (bicyclic) bond motifs is 1. The molecule has 0 amide bonds. The van der Waals surface area contributed by atoms with Crippen LogP contribution in [0.5, 0.6) is 5.75 Å². The maximum absolute atomic E-state index is 14.1. The molecule has 2 aromatic heterocycles. The lowest BCUT2D eigenvalue weighted by Gasteiger charge is -2.21. The summed E-state index contributed by atoms with van der Waals surface area (Å²) in [6.07, 6.45) is 4.44. The fourth-order valence-electron chi connectivity index (χ4n) is 3.76. The zero-order valence-corrected chi connectivity index (χ0v) is 18.6. The second kappa shape index (κ2) is 9.43. The zero-order chi connectivity index (χ0) is 23.5. The van der Waals surface area contributed by atoms with Crippen LogP contribution in [0.15, 0.2) is 65.9 Å². The van der Waals surface area contributed by atoms with Crippen LogP contribution in [-0.2, 0) is 13.1 Å². The van der Waals surface area contributed by atoms with E-state index in [-0.39, 0.29) is 11.4 Å². The molecule has 0 saturated heterocycles. The molecule has 0 unspecified atom stereocenters. The molecule has 6 nitrogen and oxygen atoms in total. The molecule has 2 aromatic carbocycles. The molecule has 34 heavy (non-hydrogen) atoms. The van der Waals surface area contributed by atoms with Gasteiger partial charge in [-0.25, -0.2) is 13.8 Å². The second-order valence-electron chi connectivity index (χ2n) is 8.03. The van der Waals surface area contributed by atoms with E-state index >= 15 is 0 Å². The van der Waals surface area contributed by atoms with E-state index in [2.05, 4.69) is 27.0 Å². The Morgan fingerprint density at radius 2 is 1.85 bits per heavy atom. The lowest BCUT2D eigenvalue weighted by molar-refractivity contribution is 0.261. The van der Waals surface area contributed by atoms with E-state index in [9.17, 15) is 8.78 Å². The van der Waals surface area contributed by atoms with Gasteiger partial charge in [-0.2, -0.15) is 5.10 Å². The van der Waals surface area contributed by atoms with Crippen LogP contribution in [0.3, 0.4) is 0 Å². The first-order chi connectivity index (χ1) is 16.6. The lowest BCUT2D eigenvalue weighted by atomic mass is 10.1. The van der Waals surface area contributed by atoms with Gasteiger partial charge in [0, 0.05) is 11.8 Å². The molecule has 1 aliphatic heterocycles. The first-order valence-electron chi connectivity index (χ1n) is 11.1. The summed E-state index contributed by atoms with van der Waals surface area (Å²) in [4.78, 5) is 12.1. The molecule has 0 spiro atoms. The van der Waals surface area contributed by atoms with E-state index in [1.807, 2.05) is 47.6 Å². The molecule has 3 heterocycles. The highest BCUT2D eigenvalue weighted by Crippen LogP contribution is 2.26. The first-order valence-corrected chi connectivity index (χ1v) is 11.1. The highest BCUT2D eigenvalue weighted by atomic mass is 19.2. The van der Waals surface area contributed by atoms with Crippen molar-refractivity contribution in [2.24, 2.45) is 5.10 Å². The second-order valence-corrected chi connectivity index (χ2v) is 8.03. The standard InChI is InChI=1S/C26H23F2N5O/c1-2-12-34-20-10-7-17(8-11-20)18-6-9-19(29-13-18)15-33-16-24-23(14-30-33)31-26(32-24)21-4-3-5-22(27)25(21)28/h3-11,13-14H,2,12,15-16H2,1H3,(H,31,32). The normalized spacial score (nSPS) is 12.6. The molecule has 0 bridgehead atoms. The molecule has 1 aliphatic rings. The van der Waals surface area contributed by atoms with Crippen LogP contribution in [0.4, 0.5) is 8.78 Å². The Labute approximate surface area is 196 Å². The van der Waals surface area contributed by atoms with Crippen LogP contribution in [0.2, 0.25) is 0 Å². The van der Waals surface area contributed by atoms with Gasteiger partial charge in [0.05, 0.1) is 42.9 Å².